The quantitative estimate of drug-likeness (QED) is 0.552. The van der Waals surface area contributed by atoms with Crippen molar-refractivity contribution < 1.29 is 14.7 Å². The van der Waals surface area contributed by atoms with E-state index in [9.17, 15) is 9.59 Å². The van der Waals surface area contributed by atoms with Crippen LogP contribution in [0.3, 0.4) is 0 Å². The van der Waals surface area contributed by atoms with Gasteiger partial charge in [-0.15, -0.1) is 0 Å². The van der Waals surface area contributed by atoms with Crippen LogP contribution in [-0.2, 0) is 9.59 Å². The van der Waals surface area contributed by atoms with Crippen molar-refractivity contribution >= 4 is 11.9 Å². The van der Waals surface area contributed by atoms with Crippen molar-refractivity contribution in [3.63, 3.8) is 0 Å². The lowest BCUT2D eigenvalue weighted by molar-refractivity contribution is -0.140. The van der Waals surface area contributed by atoms with Crippen molar-refractivity contribution in [2.24, 2.45) is 0 Å². The maximum absolute atomic E-state index is 11.4. The first-order valence-electron chi connectivity index (χ1n) is 5.66. The number of carbonyl (C=O) groups excluding carboxylic acids is 1. The van der Waals surface area contributed by atoms with Gasteiger partial charge in [-0.05, 0) is 40.5 Å². The largest absolute Gasteiger partial charge is 0.480 e. The Hall–Kier alpha value is -1.58. The van der Waals surface area contributed by atoms with Crippen LogP contribution < -0.4 is 5.32 Å². The van der Waals surface area contributed by atoms with Gasteiger partial charge in [0.15, 0.2) is 0 Å². The Morgan fingerprint density at radius 3 is 2.35 bits per heavy atom. The molecule has 0 aliphatic heterocycles. The lowest BCUT2D eigenvalue weighted by Crippen LogP contribution is -2.37. The second-order valence-electron chi connectivity index (χ2n) is 4.38. The lowest BCUT2D eigenvalue weighted by Gasteiger charge is -2.07. The normalized spacial score (nSPS) is 12.8. The predicted molar refractivity (Wildman–Crippen MR) is 67.7 cm³/mol. The third-order valence-corrected chi connectivity index (χ3v) is 2.20. The molecule has 17 heavy (non-hydrogen) atoms. The van der Waals surface area contributed by atoms with Crippen LogP contribution in [0.15, 0.2) is 23.3 Å². The molecule has 1 atom stereocenters. The topological polar surface area (TPSA) is 66.4 Å². The molecule has 0 saturated carbocycles. The molecule has 0 aliphatic rings. The Morgan fingerprint density at radius 2 is 1.88 bits per heavy atom. The Kier molecular flexibility index (Phi) is 6.94. The highest BCUT2D eigenvalue weighted by molar-refractivity contribution is 5.91. The van der Waals surface area contributed by atoms with Gasteiger partial charge in [0.25, 0.3) is 0 Å². The van der Waals surface area contributed by atoms with E-state index in [1.807, 2.05) is 20.8 Å². The molecule has 0 aromatic heterocycles. The molecule has 0 bridgehead atoms. The van der Waals surface area contributed by atoms with Crippen molar-refractivity contribution in [3.05, 3.63) is 23.3 Å². The highest BCUT2D eigenvalue weighted by Gasteiger charge is 2.11. The van der Waals surface area contributed by atoms with Gasteiger partial charge in [-0.1, -0.05) is 17.2 Å². The van der Waals surface area contributed by atoms with Gasteiger partial charge in [0.2, 0.25) is 5.91 Å². The molecule has 0 heterocycles. The Bertz CT molecular complexity index is 339. The number of hydrogen-bond acceptors (Lipinski definition) is 2. The van der Waals surface area contributed by atoms with Gasteiger partial charge in [-0.3, -0.25) is 9.59 Å². The molecule has 0 fully saturated rings. The summed E-state index contributed by atoms with van der Waals surface area (Å²) in [5.74, 6) is -1.39. The predicted octanol–water partition coefficient (Wildman–Crippen LogP) is 2.27. The summed E-state index contributed by atoms with van der Waals surface area (Å²) in [6.45, 7) is 7.36. The number of allylic oxidation sites excluding steroid dienone is 3. The minimum Gasteiger partial charge on any atom is -0.480 e. The zero-order valence-electron chi connectivity index (χ0n) is 10.9. The van der Waals surface area contributed by atoms with E-state index in [2.05, 4.69) is 11.4 Å². The maximum Gasteiger partial charge on any atom is 0.325 e. The smallest absolute Gasteiger partial charge is 0.325 e. The number of amides is 1. The number of aliphatic carboxylic acids is 1. The van der Waals surface area contributed by atoms with E-state index >= 15 is 0 Å². The second-order valence-corrected chi connectivity index (χ2v) is 4.38. The molecule has 1 unspecified atom stereocenters. The van der Waals surface area contributed by atoms with Crippen LogP contribution in [0.25, 0.3) is 0 Å². The number of carboxylic acid groups (broad SMARTS) is 1. The summed E-state index contributed by atoms with van der Waals surface area (Å²) in [5.41, 5.74) is 2.19. The average Bonchev–Trinajstić information content (AvgIpc) is 2.16. The molecule has 96 valence electrons. The number of carbonyl (C=O) groups is 2. The van der Waals surface area contributed by atoms with Crippen LogP contribution in [0.5, 0.6) is 0 Å². The summed E-state index contributed by atoms with van der Waals surface area (Å²) < 4.78 is 0. The molecule has 4 nitrogen and oxygen atoms in total. The van der Waals surface area contributed by atoms with Crippen LogP contribution in [0, 0.1) is 0 Å². The Labute approximate surface area is 102 Å². The second kappa shape index (κ2) is 7.65. The number of nitrogens with one attached hydrogen (secondary N) is 1. The standard InChI is InChI=1S/C13H21NO3/c1-9(2)6-5-7-10(3)8-12(15)14-11(4)13(16)17/h6,8,11H,5,7H2,1-4H3,(H,14,15)(H,16,17)/b10-8+. The summed E-state index contributed by atoms with van der Waals surface area (Å²) in [4.78, 5) is 21.9. The molecule has 0 aromatic rings. The highest BCUT2D eigenvalue weighted by atomic mass is 16.4. The first-order valence-corrected chi connectivity index (χ1v) is 5.66. The fourth-order valence-electron chi connectivity index (χ4n) is 1.20. The molecular weight excluding hydrogens is 218 g/mol. The van der Waals surface area contributed by atoms with Gasteiger partial charge >= 0.3 is 5.97 Å². The summed E-state index contributed by atoms with van der Waals surface area (Å²) in [6, 6.07) is -0.857. The zero-order chi connectivity index (χ0) is 13.4. The van der Waals surface area contributed by atoms with Crippen LogP contribution >= 0.6 is 0 Å². The van der Waals surface area contributed by atoms with E-state index in [0.29, 0.717) is 0 Å². The van der Waals surface area contributed by atoms with Crippen LogP contribution in [0.4, 0.5) is 0 Å². The summed E-state index contributed by atoms with van der Waals surface area (Å²) in [5, 5.41) is 11.0. The fourth-order valence-corrected chi connectivity index (χ4v) is 1.20. The first kappa shape index (κ1) is 15.4. The Balaban J connectivity index is 4.15. The van der Waals surface area contributed by atoms with E-state index in [0.717, 1.165) is 18.4 Å². The summed E-state index contributed by atoms with van der Waals surface area (Å²) >= 11 is 0. The average molecular weight is 239 g/mol. The van der Waals surface area contributed by atoms with Gasteiger partial charge in [0.1, 0.15) is 6.04 Å². The monoisotopic (exact) mass is 239 g/mol. The van der Waals surface area contributed by atoms with Gasteiger partial charge in [-0.25, -0.2) is 0 Å². The number of hydrogen-bond donors (Lipinski definition) is 2. The number of rotatable bonds is 6. The van der Waals surface area contributed by atoms with Crippen LogP contribution in [0.2, 0.25) is 0 Å². The molecule has 0 aliphatic carbocycles. The van der Waals surface area contributed by atoms with E-state index < -0.39 is 12.0 Å². The minimum atomic E-state index is -1.03. The molecule has 4 heteroatoms. The van der Waals surface area contributed by atoms with E-state index in [-0.39, 0.29) is 5.91 Å². The summed E-state index contributed by atoms with van der Waals surface area (Å²) in [6.07, 6.45) is 5.26. The van der Waals surface area contributed by atoms with Crippen molar-refractivity contribution in [3.8, 4) is 0 Å². The summed E-state index contributed by atoms with van der Waals surface area (Å²) in [7, 11) is 0. The number of carboxylic acids is 1. The third kappa shape index (κ3) is 8.25. The lowest BCUT2D eigenvalue weighted by atomic mass is 10.1. The molecule has 0 radical (unpaired) electrons. The van der Waals surface area contributed by atoms with E-state index in [1.165, 1.54) is 18.6 Å². The highest BCUT2D eigenvalue weighted by Crippen LogP contribution is 2.06. The van der Waals surface area contributed by atoms with Crippen molar-refractivity contribution in [1.82, 2.24) is 5.32 Å². The van der Waals surface area contributed by atoms with E-state index in [1.54, 1.807) is 0 Å². The minimum absolute atomic E-state index is 0.352. The molecule has 2 N–H and O–H groups in total. The van der Waals surface area contributed by atoms with Crippen LogP contribution in [0.1, 0.15) is 40.5 Å². The SMILES string of the molecule is CC(C)=CCC/C(C)=C/C(=O)NC(C)C(=O)O. The van der Waals surface area contributed by atoms with Crippen molar-refractivity contribution in [2.75, 3.05) is 0 Å². The molecular formula is C13H21NO3. The van der Waals surface area contributed by atoms with E-state index in [4.69, 9.17) is 5.11 Å². The van der Waals surface area contributed by atoms with Gasteiger partial charge < -0.3 is 10.4 Å². The fraction of sp³-hybridized carbons (Fsp3) is 0.538. The molecule has 1 amide bonds. The van der Waals surface area contributed by atoms with Gasteiger partial charge in [0.05, 0.1) is 0 Å². The zero-order valence-corrected chi connectivity index (χ0v) is 10.9. The van der Waals surface area contributed by atoms with Gasteiger partial charge in [-0.2, -0.15) is 0 Å². The first-order chi connectivity index (χ1) is 7.82. The van der Waals surface area contributed by atoms with Gasteiger partial charge in [0, 0.05) is 6.08 Å². The molecule has 0 saturated heterocycles. The Morgan fingerprint density at radius 1 is 1.29 bits per heavy atom. The third-order valence-electron chi connectivity index (χ3n) is 2.20. The van der Waals surface area contributed by atoms with Crippen molar-refractivity contribution in [2.45, 2.75) is 46.6 Å². The van der Waals surface area contributed by atoms with Crippen LogP contribution in [-0.4, -0.2) is 23.0 Å². The van der Waals surface area contributed by atoms with Crippen molar-refractivity contribution in [1.29, 1.82) is 0 Å². The molecule has 0 aromatic carbocycles. The molecule has 0 rings (SSSR count). The molecule has 0 spiro atoms. The maximum atomic E-state index is 11.4.